The Morgan fingerprint density at radius 3 is 2.03 bits per heavy atom. The Kier molecular flexibility index (Phi) is 5.62. The van der Waals surface area contributed by atoms with Crippen molar-refractivity contribution in [2.24, 2.45) is 0 Å². The third kappa shape index (κ3) is 4.23. The summed E-state index contributed by atoms with van der Waals surface area (Å²) in [7, 11) is 0. The predicted molar refractivity (Wildman–Crippen MR) is 121 cm³/mol. The van der Waals surface area contributed by atoms with Gasteiger partial charge in [0.05, 0.1) is 11.4 Å². The lowest BCUT2D eigenvalue weighted by molar-refractivity contribution is -0.116. The van der Waals surface area contributed by atoms with Gasteiger partial charge in [0.1, 0.15) is 0 Å². The highest BCUT2D eigenvalue weighted by Crippen LogP contribution is 2.31. The molecule has 2 N–H and O–H groups in total. The van der Waals surface area contributed by atoms with E-state index in [0.717, 1.165) is 5.56 Å². The average molecular weight is 411 g/mol. The Morgan fingerprint density at radius 1 is 0.774 bits per heavy atom. The highest BCUT2D eigenvalue weighted by molar-refractivity contribution is 6.09. The molecule has 0 fully saturated rings. The number of benzene rings is 3. The number of nitrogens with zero attached hydrogens (tertiary/aromatic N) is 1. The summed E-state index contributed by atoms with van der Waals surface area (Å²) in [4.78, 5) is 39.1. The van der Waals surface area contributed by atoms with E-state index in [1.165, 1.54) is 4.90 Å². The van der Waals surface area contributed by atoms with E-state index >= 15 is 0 Å². The molecule has 3 aromatic rings. The van der Waals surface area contributed by atoms with Gasteiger partial charge in [-0.3, -0.25) is 14.4 Å². The molecule has 3 aromatic carbocycles. The SMILES string of the molecule is C=C1c2ccccc2C(=O)N1CCC(=O)Nc1ccccc1NC(=O)c1ccccc1. The molecule has 1 aliphatic rings. The zero-order chi connectivity index (χ0) is 21.8. The van der Waals surface area contributed by atoms with Gasteiger partial charge < -0.3 is 15.5 Å². The van der Waals surface area contributed by atoms with Gasteiger partial charge in [-0.2, -0.15) is 0 Å². The van der Waals surface area contributed by atoms with Crippen molar-refractivity contribution < 1.29 is 14.4 Å². The molecule has 3 amide bonds. The second-order valence-corrected chi connectivity index (χ2v) is 7.11. The molecule has 6 nitrogen and oxygen atoms in total. The highest BCUT2D eigenvalue weighted by Gasteiger charge is 2.30. The number of rotatable bonds is 6. The van der Waals surface area contributed by atoms with E-state index in [1.54, 1.807) is 60.7 Å². The fourth-order valence-electron chi connectivity index (χ4n) is 3.48. The third-order valence-corrected chi connectivity index (χ3v) is 5.09. The van der Waals surface area contributed by atoms with Crippen LogP contribution in [0, 0.1) is 0 Å². The Balaban J connectivity index is 1.39. The molecule has 0 spiro atoms. The third-order valence-electron chi connectivity index (χ3n) is 5.09. The van der Waals surface area contributed by atoms with Crippen LogP contribution in [-0.4, -0.2) is 29.2 Å². The summed E-state index contributed by atoms with van der Waals surface area (Å²) in [5, 5.41) is 5.64. The summed E-state index contributed by atoms with van der Waals surface area (Å²) >= 11 is 0. The summed E-state index contributed by atoms with van der Waals surface area (Å²) in [6.45, 7) is 4.21. The minimum Gasteiger partial charge on any atom is -0.324 e. The number of carbonyl (C=O) groups excluding carboxylic acids is 3. The largest absolute Gasteiger partial charge is 0.324 e. The van der Waals surface area contributed by atoms with E-state index in [-0.39, 0.29) is 30.7 Å². The fraction of sp³-hybridized carbons (Fsp3) is 0.0800. The topological polar surface area (TPSA) is 78.5 Å². The number of anilines is 2. The number of hydrogen-bond donors (Lipinski definition) is 2. The van der Waals surface area contributed by atoms with Gasteiger partial charge in [-0.15, -0.1) is 0 Å². The van der Waals surface area contributed by atoms with Crippen molar-refractivity contribution in [2.45, 2.75) is 6.42 Å². The normalized spacial score (nSPS) is 12.5. The predicted octanol–water partition coefficient (Wildman–Crippen LogP) is 4.39. The van der Waals surface area contributed by atoms with Crippen molar-refractivity contribution in [1.29, 1.82) is 0 Å². The minimum atomic E-state index is -0.266. The summed E-state index contributed by atoms with van der Waals surface area (Å²) in [5.41, 5.74) is 3.51. The average Bonchev–Trinajstić information content (AvgIpc) is 3.04. The van der Waals surface area contributed by atoms with E-state index in [1.807, 2.05) is 18.2 Å². The molecule has 31 heavy (non-hydrogen) atoms. The molecule has 0 saturated carbocycles. The molecule has 154 valence electrons. The standard InChI is InChI=1S/C25H21N3O3/c1-17-19-11-5-6-12-20(19)25(31)28(17)16-15-23(29)26-21-13-7-8-14-22(21)27-24(30)18-9-3-2-4-10-18/h2-14H,1,15-16H2,(H,26,29)(H,27,30). The van der Waals surface area contributed by atoms with Crippen LogP contribution in [0.3, 0.4) is 0 Å². The van der Waals surface area contributed by atoms with Gasteiger partial charge in [0.25, 0.3) is 11.8 Å². The van der Waals surface area contributed by atoms with Crippen molar-refractivity contribution in [3.8, 4) is 0 Å². The van der Waals surface area contributed by atoms with E-state index in [0.29, 0.717) is 28.2 Å². The van der Waals surface area contributed by atoms with Crippen LogP contribution in [0.15, 0.2) is 85.4 Å². The highest BCUT2D eigenvalue weighted by atomic mass is 16.2. The van der Waals surface area contributed by atoms with Gasteiger partial charge >= 0.3 is 0 Å². The first-order chi connectivity index (χ1) is 15.0. The molecule has 0 radical (unpaired) electrons. The van der Waals surface area contributed by atoms with Gasteiger partial charge in [-0.25, -0.2) is 0 Å². The van der Waals surface area contributed by atoms with Crippen LogP contribution in [-0.2, 0) is 4.79 Å². The van der Waals surface area contributed by atoms with Gasteiger partial charge in [-0.05, 0) is 30.3 Å². The second-order valence-electron chi connectivity index (χ2n) is 7.11. The fourth-order valence-corrected chi connectivity index (χ4v) is 3.48. The van der Waals surface area contributed by atoms with Crippen molar-refractivity contribution in [3.63, 3.8) is 0 Å². The van der Waals surface area contributed by atoms with Crippen LogP contribution in [0.5, 0.6) is 0 Å². The van der Waals surface area contributed by atoms with Crippen LogP contribution in [0.25, 0.3) is 5.70 Å². The maximum Gasteiger partial charge on any atom is 0.258 e. The van der Waals surface area contributed by atoms with Crippen LogP contribution in [0.2, 0.25) is 0 Å². The Hall–Kier alpha value is -4.19. The lowest BCUT2D eigenvalue weighted by Gasteiger charge is -2.17. The first-order valence-electron chi connectivity index (χ1n) is 9.90. The molecule has 0 unspecified atom stereocenters. The molecule has 1 aliphatic heterocycles. The molecule has 0 saturated heterocycles. The first-order valence-corrected chi connectivity index (χ1v) is 9.90. The van der Waals surface area contributed by atoms with Gasteiger partial charge in [0.15, 0.2) is 0 Å². The maximum absolute atomic E-state index is 12.6. The van der Waals surface area contributed by atoms with Crippen LogP contribution < -0.4 is 10.6 Å². The van der Waals surface area contributed by atoms with Crippen LogP contribution >= 0.6 is 0 Å². The van der Waals surface area contributed by atoms with Crippen LogP contribution in [0.4, 0.5) is 11.4 Å². The van der Waals surface area contributed by atoms with E-state index in [9.17, 15) is 14.4 Å². The van der Waals surface area contributed by atoms with Gasteiger partial charge in [0, 0.05) is 35.4 Å². The minimum absolute atomic E-state index is 0.0969. The quantitative estimate of drug-likeness (QED) is 0.631. The van der Waals surface area contributed by atoms with E-state index in [4.69, 9.17) is 0 Å². The number of nitrogens with one attached hydrogen (secondary N) is 2. The molecular formula is C25H21N3O3. The number of amides is 3. The Labute approximate surface area is 180 Å². The van der Waals surface area contributed by atoms with Crippen molar-refractivity contribution >= 4 is 34.8 Å². The maximum atomic E-state index is 12.6. The van der Waals surface area contributed by atoms with Crippen LogP contribution in [0.1, 0.15) is 32.7 Å². The molecule has 0 aliphatic carbocycles. The summed E-state index contributed by atoms with van der Waals surface area (Å²) in [6.07, 6.45) is 0.0969. The number of carbonyl (C=O) groups is 3. The lowest BCUT2D eigenvalue weighted by Crippen LogP contribution is -2.27. The summed E-state index contributed by atoms with van der Waals surface area (Å²) in [6, 6.07) is 23.1. The van der Waals surface area contributed by atoms with E-state index < -0.39 is 0 Å². The number of fused-ring (bicyclic) bond motifs is 1. The zero-order valence-electron chi connectivity index (χ0n) is 16.8. The van der Waals surface area contributed by atoms with Gasteiger partial charge in [0.2, 0.25) is 5.91 Å². The van der Waals surface area contributed by atoms with Crippen molar-refractivity contribution in [2.75, 3.05) is 17.2 Å². The zero-order valence-corrected chi connectivity index (χ0v) is 16.8. The molecule has 1 heterocycles. The van der Waals surface area contributed by atoms with Crippen molar-refractivity contribution in [1.82, 2.24) is 4.90 Å². The van der Waals surface area contributed by atoms with Crippen molar-refractivity contribution in [3.05, 3.63) is 102 Å². The monoisotopic (exact) mass is 411 g/mol. The smallest absolute Gasteiger partial charge is 0.258 e. The molecular weight excluding hydrogens is 390 g/mol. The molecule has 4 rings (SSSR count). The Bertz CT molecular complexity index is 1140. The van der Waals surface area contributed by atoms with E-state index in [2.05, 4.69) is 17.2 Å². The molecule has 0 atom stereocenters. The second kappa shape index (κ2) is 8.67. The van der Waals surface area contributed by atoms with Gasteiger partial charge in [-0.1, -0.05) is 55.1 Å². The number of para-hydroxylation sites is 2. The summed E-state index contributed by atoms with van der Waals surface area (Å²) in [5.74, 6) is -0.680. The molecule has 6 heteroatoms. The lowest BCUT2D eigenvalue weighted by atomic mass is 10.1. The Morgan fingerprint density at radius 2 is 1.35 bits per heavy atom. The first kappa shape index (κ1) is 20.1. The molecule has 0 bridgehead atoms. The number of hydrogen-bond acceptors (Lipinski definition) is 3. The summed E-state index contributed by atoms with van der Waals surface area (Å²) < 4.78 is 0. The molecule has 0 aromatic heterocycles.